The lowest BCUT2D eigenvalue weighted by Gasteiger charge is -2.26. The van der Waals surface area contributed by atoms with E-state index in [1.807, 2.05) is 7.05 Å². The molecule has 0 aromatic rings. The first-order chi connectivity index (χ1) is 11.4. The van der Waals surface area contributed by atoms with Crippen LogP contribution in [0, 0.1) is 0 Å². The summed E-state index contributed by atoms with van der Waals surface area (Å²) in [6.07, 6.45) is 12.1. The molecule has 0 aliphatic heterocycles. The number of hydrogen-bond donors (Lipinski definition) is 2. The Morgan fingerprint density at radius 1 is 0.833 bits per heavy atom. The molecule has 0 saturated heterocycles. The zero-order valence-electron chi connectivity index (χ0n) is 16.4. The van der Waals surface area contributed by atoms with Crippen molar-refractivity contribution in [3.8, 4) is 0 Å². The van der Waals surface area contributed by atoms with Crippen molar-refractivity contribution in [2.24, 2.45) is 4.99 Å². The number of nitrogens with zero attached hydrogens (tertiary/aromatic N) is 3. The minimum absolute atomic E-state index is 1.07. The summed E-state index contributed by atoms with van der Waals surface area (Å²) in [5.41, 5.74) is 0. The lowest BCUT2D eigenvalue weighted by Crippen LogP contribution is -2.38. The van der Waals surface area contributed by atoms with Gasteiger partial charge in [-0.15, -0.1) is 0 Å². The third-order valence-electron chi connectivity index (χ3n) is 3.79. The van der Waals surface area contributed by atoms with Crippen LogP contribution in [0.15, 0.2) is 4.99 Å². The van der Waals surface area contributed by atoms with Crippen LogP contribution in [0.2, 0.25) is 0 Å². The van der Waals surface area contributed by atoms with Crippen LogP contribution in [0.4, 0.5) is 4.79 Å². The van der Waals surface area contributed by atoms with Gasteiger partial charge in [0, 0.05) is 34.7 Å². The second-order valence-corrected chi connectivity index (χ2v) is 6.30. The first-order valence-electron chi connectivity index (χ1n) is 9.13. The Bertz CT molecular complexity index is 317. The van der Waals surface area contributed by atoms with Crippen molar-refractivity contribution in [2.75, 3.05) is 34.7 Å². The molecule has 0 bridgehead atoms. The van der Waals surface area contributed by atoms with Gasteiger partial charge < -0.3 is 20.0 Å². The maximum absolute atomic E-state index is 8.56. The van der Waals surface area contributed by atoms with Crippen molar-refractivity contribution in [2.45, 2.75) is 71.1 Å². The number of guanidine groups is 1. The summed E-state index contributed by atoms with van der Waals surface area (Å²) in [5.74, 6) is 1.07. The van der Waals surface area contributed by atoms with Crippen molar-refractivity contribution >= 4 is 12.1 Å². The summed E-state index contributed by atoms with van der Waals surface area (Å²) in [7, 11) is 8.11. The van der Waals surface area contributed by atoms with Crippen molar-refractivity contribution in [3.05, 3.63) is 0 Å². The fourth-order valence-corrected chi connectivity index (χ4v) is 2.65. The van der Waals surface area contributed by atoms with Crippen LogP contribution in [0.1, 0.15) is 71.1 Å². The van der Waals surface area contributed by atoms with Gasteiger partial charge >= 0.3 is 6.16 Å². The summed E-state index contributed by atoms with van der Waals surface area (Å²) in [6.45, 7) is 3.39. The van der Waals surface area contributed by atoms with Gasteiger partial charge in [0.15, 0.2) is 5.96 Å². The van der Waals surface area contributed by atoms with Crippen LogP contribution in [0.5, 0.6) is 0 Å². The van der Waals surface area contributed by atoms with Crippen LogP contribution >= 0.6 is 0 Å². The molecule has 6 heteroatoms. The van der Waals surface area contributed by atoms with Crippen LogP contribution in [0.25, 0.3) is 0 Å². The smallest absolute Gasteiger partial charge is 0.450 e. The Labute approximate surface area is 148 Å². The highest BCUT2D eigenvalue weighted by atomic mass is 16.6. The Balaban J connectivity index is 0. The van der Waals surface area contributed by atoms with Crippen LogP contribution < -0.4 is 0 Å². The maximum atomic E-state index is 8.56. The molecule has 0 aliphatic carbocycles. The second-order valence-electron chi connectivity index (χ2n) is 6.30. The zero-order valence-corrected chi connectivity index (χ0v) is 16.4. The van der Waals surface area contributed by atoms with E-state index in [9.17, 15) is 0 Å². The van der Waals surface area contributed by atoms with Gasteiger partial charge in [-0.2, -0.15) is 0 Å². The predicted molar refractivity (Wildman–Crippen MR) is 102 cm³/mol. The van der Waals surface area contributed by atoms with Gasteiger partial charge in [0.2, 0.25) is 0 Å². The number of unbranched alkanes of at least 4 members (excludes halogenated alkanes) is 9. The number of carboxylic acid groups (broad SMARTS) is 2. The van der Waals surface area contributed by atoms with Crippen molar-refractivity contribution < 1.29 is 15.0 Å². The summed E-state index contributed by atoms with van der Waals surface area (Å²) in [4.78, 5) is 17.2. The quantitative estimate of drug-likeness (QED) is 0.325. The van der Waals surface area contributed by atoms with E-state index in [1.165, 1.54) is 64.2 Å². The van der Waals surface area contributed by atoms with E-state index < -0.39 is 6.16 Å². The van der Waals surface area contributed by atoms with E-state index >= 15 is 0 Å². The van der Waals surface area contributed by atoms with E-state index in [1.54, 1.807) is 0 Å². The number of rotatable bonds is 11. The van der Waals surface area contributed by atoms with Crippen LogP contribution in [-0.2, 0) is 0 Å². The molecule has 0 aliphatic rings. The summed E-state index contributed by atoms with van der Waals surface area (Å²) < 4.78 is 0. The average Bonchev–Trinajstić information content (AvgIpc) is 2.49. The average molecular weight is 346 g/mol. The first kappa shape index (κ1) is 24.8. The normalized spacial score (nSPS) is 10.8. The van der Waals surface area contributed by atoms with Gasteiger partial charge in [0.25, 0.3) is 0 Å². The topological polar surface area (TPSA) is 76.4 Å². The molecular formula is C18H39N3O3. The fraction of sp³-hybridized carbons (Fsp3) is 0.889. The molecule has 144 valence electrons. The zero-order chi connectivity index (χ0) is 18.8. The van der Waals surface area contributed by atoms with E-state index in [0.717, 1.165) is 12.5 Å². The van der Waals surface area contributed by atoms with Crippen LogP contribution in [-0.4, -0.2) is 66.9 Å². The Morgan fingerprint density at radius 3 is 1.54 bits per heavy atom. The summed E-state index contributed by atoms with van der Waals surface area (Å²) >= 11 is 0. The summed E-state index contributed by atoms with van der Waals surface area (Å²) in [5, 5.41) is 13.9. The molecule has 0 aromatic carbocycles. The van der Waals surface area contributed by atoms with Crippen molar-refractivity contribution in [1.82, 2.24) is 9.80 Å². The molecule has 0 unspecified atom stereocenters. The van der Waals surface area contributed by atoms with E-state index in [4.69, 9.17) is 15.0 Å². The van der Waals surface area contributed by atoms with Crippen molar-refractivity contribution in [1.29, 1.82) is 0 Å². The molecule has 0 spiro atoms. The molecule has 0 radical (unpaired) electrons. The Morgan fingerprint density at radius 2 is 1.21 bits per heavy atom. The van der Waals surface area contributed by atoms with Crippen molar-refractivity contribution in [3.63, 3.8) is 0 Å². The van der Waals surface area contributed by atoms with Crippen LogP contribution in [0.3, 0.4) is 0 Å². The molecule has 0 atom stereocenters. The monoisotopic (exact) mass is 345 g/mol. The van der Waals surface area contributed by atoms with E-state index in [0.29, 0.717) is 0 Å². The molecule has 0 rings (SSSR count). The molecule has 2 N–H and O–H groups in total. The molecule has 24 heavy (non-hydrogen) atoms. The third-order valence-corrected chi connectivity index (χ3v) is 3.79. The highest BCUT2D eigenvalue weighted by Gasteiger charge is 2.06. The SMILES string of the molecule is CCCCCCCCCCCCN(C)C(=NC)N(C)C.O=C(O)O. The van der Waals surface area contributed by atoms with Gasteiger partial charge in [-0.3, -0.25) is 4.99 Å². The summed E-state index contributed by atoms with van der Waals surface area (Å²) in [6, 6.07) is 0. The first-order valence-corrected chi connectivity index (χ1v) is 9.13. The van der Waals surface area contributed by atoms with Gasteiger partial charge in [0.05, 0.1) is 0 Å². The number of hydrogen-bond acceptors (Lipinski definition) is 2. The lowest BCUT2D eigenvalue weighted by atomic mass is 10.1. The Kier molecular flexibility index (Phi) is 18.5. The molecule has 0 saturated carbocycles. The van der Waals surface area contributed by atoms with Gasteiger partial charge in [-0.1, -0.05) is 64.7 Å². The minimum Gasteiger partial charge on any atom is -0.450 e. The number of carbonyl (C=O) groups is 1. The molecule has 0 amide bonds. The van der Waals surface area contributed by atoms with Gasteiger partial charge in [-0.25, -0.2) is 4.79 Å². The van der Waals surface area contributed by atoms with E-state index in [2.05, 4.69) is 42.9 Å². The standard InChI is InChI=1S/C17H37N3.CH2O3/c1-6-7-8-9-10-11-12-13-14-15-16-20(5)17(18-2)19(3)4;2-1(3)4/h6-16H2,1-5H3;(H2,2,3,4). The maximum Gasteiger partial charge on any atom is 0.503 e. The van der Waals surface area contributed by atoms with Gasteiger partial charge in [0.1, 0.15) is 0 Å². The molecule has 0 heterocycles. The molecule has 0 fully saturated rings. The Hall–Kier alpha value is -1.46. The second kappa shape index (κ2) is 17.9. The minimum atomic E-state index is -1.83. The highest BCUT2D eigenvalue weighted by molar-refractivity contribution is 5.79. The van der Waals surface area contributed by atoms with E-state index in [-0.39, 0.29) is 0 Å². The third kappa shape index (κ3) is 18.6. The fourth-order valence-electron chi connectivity index (χ4n) is 2.65. The molecule has 0 aromatic heterocycles. The lowest BCUT2D eigenvalue weighted by molar-refractivity contribution is 0.137. The molecule has 6 nitrogen and oxygen atoms in total. The van der Waals surface area contributed by atoms with Gasteiger partial charge in [-0.05, 0) is 6.42 Å². The largest absolute Gasteiger partial charge is 0.503 e. The predicted octanol–water partition coefficient (Wildman–Crippen LogP) is 4.61. The molecular weight excluding hydrogens is 306 g/mol. The number of aliphatic imine (C=N–C) groups is 1. The highest BCUT2D eigenvalue weighted by Crippen LogP contribution is 2.10.